The molecular weight excluding hydrogens is 242 g/mol. The number of aromatic nitrogens is 2. The van der Waals surface area contributed by atoms with E-state index in [1.807, 2.05) is 25.1 Å². The molecule has 2 N–H and O–H groups in total. The highest BCUT2D eigenvalue weighted by molar-refractivity contribution is 5.84. The molecule has 98 valence electrons. The largest absolute Gasteiger partial charge is 0.476 e. The van der Waals surface area contributed by atoms with Gasteiger partial charge < -0.3 is 10.4 Å². The van der Waals surface area contributed by atoms with Crippen LogP contribution >= 0.6 is 0 Å². The molecule has 0 fully saturated rings. The van der Waals surface area contributed by atoms with Gasteiger partial charge in [-0.05, 0) is 18.9 Å². The maximum atomic E-state index is 10.7. The third-order valence-electron chi connectivity index (χ3n) is 2.65. The number of aromatic carboxylic acids is 1. The molecular formula is C14H15N3O2. The number of hydrogen-bond acceptors (Lipinski definition) is 4. The molecule has 5 nitrogen and oxygen atoms in total. The van der Waals surface area contributed by atoms with E-state index in [0.717, 1.165) is 6.42 Å². The number of benzene rings is 1. The molecule has 0 aliphatic rings. The van der Waals surface area contributed by atoms with Gasteiger partial charge in [0.05, 0.1) is 12.4 Å². The molecule has 0 aliphatic heterocycles. The summed E-state index contributed by atoms with van der Waals surface area (Å²) < 4.78 is 0. The van der Waals surface area contributed by atoms with Gasteiger partial charge in [0, 0.05) is 6.04 Å². The molecule has 1 heterocycles. The van der Waals surface area contributed by atoms with Gasteiger partial charge in [-0.25, -0.2) is 14.8 Å². The summed E-state index contributed by atoms with van der Waals surface area (Å²) in [7, 11) is 0. The van der Waals surface area contributed by atoms with E-state index in [4.69, 9.17) is 5.11 Å². The van der Waals surface area contributed by atoms with Crippen molar-refractivity contribution in [3.8, 4) is 0 Å². The van der Waals surface area contributed by atoms with Crippen LogP contribution in [0.1, 0.15) is 23.0 Å². The predicted octanol–water partition coefficient (Wildman–Crippen LogP) is 2.22. The minimum atomic E-state index is -1.07. The van der Waals surface area contributed by atoms with Crippen LogP contribution in [0, 0.1) is 0 Å². The van der Waals surface area contributed by atoms with Crippen LogP contribution in [0.2, 0.25) is 0 Å². The summed E-state index contributed by atoms with van der Waals surface area (Å²) in [6, 6.07) is 10.3. The average Bonchev–Trinajstić information content (AvgIpc) is 2.40. The van der Waals surface area contributed by atoms with Crippen molar-refractivity contribution in [3.05, 3.63) is 54.0 Å². The molecule has 2 rings (SSSR count). The molecule has 1 aromatic heterocycles. The minimum absolute atomic E-state index is 0.0544. The number of nitrogens with zero attached hydrogens (tertiary/aromatic N) is 2. The van der Waals surface area contributed by atoms with Gasteiger partial charge in [-0.1, -0.05) is 30.3 Å². The lowest BCUT2D eigenvalue weighted by Gasteiger charge is -2.14. The Kier molecular flexibility index (Phi) is 4.07. The Morgan fingerprint density at radius 2 is 2.00 bits per heavy atom. The van der Waals surface area contributed by atoms with Crippen LogP contribution in [0.3, 0.4) is 0 Å². The average molecular weight is 257 g/mol. The normalized spacial score (nSPS) is 11.8. The van der Waals surface area contributed by atoms with Gasteiger partial charge in [0.1, 0.15) is 5.82 Å². The molecule has 0 amide bonds. The van der Waals surface area contributed by atoms with Gasteiger partial charge in [0.25, 0.3) is 0 Å². The van der Waals surface area contributed by atoms with E-state index in [1.165, 1.54) is 18.0 Å². The van der Waals surface area contributed by atoms with E-state index in [2.05, 4.69) is 27.4 Å². The topological polar surface area (TPSA) is 75.1 Å². The van der Waals surface area contributed by atoms with Crippen LogP contribution < -0.4 is 5.32 Å². The number of nitrogens with one attached hydrogen (secondary N) is 1. The lowest BCUT2D eigenvalue weighted by Crippen LogP contribution is -2.19. The van der Waals surface area contributed by atoms with Gasteiger partial charge in [0.15, 0.2) is 5.69 Å². The third kappa shape index (κ3) is 3.77. The standard InChI is InChI=1S/C14H15N3O2/c1-10(7-11-5-3-2-4-6-11)17-13-9-15-12(8-16-13)14(18)19/h2-6,8-10H,7H2,1H3,(H,16,17)(H,18,19). The molecule has 0 spiro atoms. The third-order valence-corrected chi connectivity index (χ3v) is 2.65. The number of anilines is 1. The van der Waals surface area contributed by atoms with Gasteiger partial charge in [-0.3, -0.25) is 0 Å². The first-order chi connectivity index (χ1) is 9.15. The predicted molar refractivity (Wildman–Crippen MR) is 72.2 cm³/mol. The fraction of sp³-hybridized carbons (Fsp3) is 0.214. The smallest absolute Gasteiger partial charge is 0.356 e. The second kappa shape index (κ2) is 5.95. The van der Waals surface area contributed by atoms with Gasteiger partial charge in [-0.15, -0.1) is 0 Å². The summed E-state index contributed by atoms with van der Waals surface area (Å²) in [6.45, 7) is 2.04. The maximum Gasteiger partial charge on any atom is 0.356 e. The van der Waals surface area contributed by atoms with E-state index >= 15 is 0 Å². The van der Waals surface area contributed by atoms with E-state index in [0.29, 0.717) is 5.82 Å². The summed E-state index contributed by atoms with van der Waals surface area (Å²) >= 11 is 0. The minimum Gasteiger partial charge on any atom is -0.476 e. The molecule has 0 bridgehead atoms. The summed E-state index contributed by atoms with van der Waals surface area (Å²) in [5, 5.41) is 11.9. The second-order valence-corrected chi connectivity index (χ2v) is 4.33. The van der Waals surface area contributed by atoms with Crippen molar-refractivity contribution in [2.75, 3.05) is 5.32 Å². The number of carboxylic acid groups (broad SMARTS) is 1. The lowest BCUT2D eigenvalue weighted by atomic mass is 10.1. The lowest BCUT2D eigenvalue weighted by molar-refractivity contribution is 0.0690. The Morgan fingerprint density at radius 1 is 1.26 bits per heavy atom. The van der Waals surface area contributed by atoms with Crippen LogP contribution in [-0.2, 0) is 6.42 Å². The van der Waals surface area contributed by atoms with Crippen molar-refractivity contribution in [3.63, 3.8) is 0 Å². The fourth-order valence-electron chi connectivity index (χ4n) is 1.78. The molecule has 19 heavy (non-hydrogen) atoms. The summed E-state index contributed by atoms with van der Waals surface area (Å²) in [5.41, 5.74) is 1.18. The number of rotatable bonds is 5. The van der Waals surface area contributed by atoms with E-state index in [1.54, 1.807) is 0 Å². The Balaban J connectivity index is 1.95. The first kappa shape index (κ1) is 13.0. The highest BCUT2D eigenvalue weighted by atomic mass is 16.4. The first-order valence-electron chi connectivity index (χ1n) is 6.01. The van der Waals surface area contributed by atoms with Crippen LogP contribution in [0.15, 0.2) is 42.7 Å². The molecule has 5 heteroatoms. The van der Waals surface area contributed by atoms with Crippen molar-refractivity contribution < 1.29 is 9.90 Å². The zero-order valence-corrected chi connectivity index (χ0v) is 10.6. The Morgan fingerprint density at radius 3 is 2.58 bits per heavy atom. The Labute approximate surface area is 111 Å². The molecule has 0 aliphatic carbocycles. The summed E-state index contributed by atoms with van der Waals surface area (Å²) in [5.74, 6) is -0.496. The molecule has 2 aromatic rings. The van der Waals surface area contributed by atoms with Crippen molar-refractivity contribution in [2.24, 2.45) is 0 Å². The Bertz CT molecular complexity index is 540. The fourth-order valence-corrected chi connectivity index (χ4v) is 1.78. The van der Waals surface area contributed by atoms with E-state index in [9.17, 15) is 4.79 Å². The van der Waals surface area contributed by atoms with Crippen molar-refractivity contribution in [1.29, 1.82) is 0 Å². The monoisotopic (exact) mass is 257 g/mol. The second-order valence-electron chi connectivity index (χ2n) is 4.33. The van der Waals surface area contributed by atoms with Crippen molar-refractivity contribution in [2.45, 2.75) is 19.4 Å². The number of hydrogen-bond donors (Lipinski definition) is 2. The van der Waals surface area contributed by atoms with E-state index in [-0.39, 0.29) is 11.7 Å². The Hall–Kier alpha value is -2.43. The van der Waals surface area contributed by atoms with Crippen molar-refractivity contribution >= 4 is 11.8 Å². The molecule has 1 atom stereocenters. The zero-order chi connectivity index (χ0) is 13.7. The first-order valence-corrected chi connectivity index (χ1v) is 6.01. The highest BCUT2D eigenvalue weighted by Crippen LogP contribution is 2.08. The van der Waals surface area contributed by atoms with Crippen LogP contribution in [0.25, 0.3) is 0 Å². The maximum absolute atomic E-state index is 10.7. The quantitative estimate of drug-likeness (QED) is 0.859. The van der Waals surface area contributed by atoms with Crippen LogP contribution in [-0.4, -0.2) is 27.1 Å². The molecule has 1 unspecified atom stereocenters. The van der Waals surface area contributed by atoms with Crippen LogP contribution in [0.5, 0.6) is 0 Å². The van der Waals surface area contributed by atoms with Gasteiger partial charge in [0.2, 0.25) is 0 Å². The highest BCUT2D eigenvalue weighted by Gasteiger charge is 2.07. The zero-order valence-electron chi connectivity index (χ0n) is 10.6. The van der Waals surface area contributed by atoms with Crippen LogP contribution in [0.4, 0.5) is 5.82 Å². The summed E-state index contributed by atoms with van der Waals surface area (Å²) in [4.78, 5) is 18.5. The molecule has 0 saturated heterocycles. The SMILES string of the molecule is CC(Cc1ccccc1)Nc1cnc(C(=O)O)cn1. The molecule has 1 aromatic carbocycles. The number of carbonyl (C=O) groups is 1. The van der Waals surface area contributed by atoms with Gasteiger partial charge in [-0.2, -0.15) is 0 Å². The van der Waals surface area contributed by atoms with E-state index < -0.39 is 5.97 Å². The molecule has 0 saturated carbocycles. The van der Waals surface area contributed by atoms with Gasteiger partial charge >= 0.3 is 5.97 Å². The molecule has 0 radical (unpaired) electrons. The van der Waals surface area contributed by atoms with Crippen molar-refractivity contribution in [1.82, 2.24) is 9.97 Å². The number of carboxylic acids is 1. The summed E-state index contributed by atoms with van der Waals surface area (Å²) in [6.07, 6.45) is 3.55.